The van der Waals surface area contributed by atoms with E-state index in [0.29, 0.717) is 25.5 Å². The van der Waals surface area contributed by atoms with Gasteiger partial charge in [0, 0.05) is 16.6 Å². The zero-order valence-electron chi connectivity index (χ0n) is 11.4. The van der Waals surface area contributed by atoms with Gasteiger partial charge >= 0.3 is 0 Å². The van der Waals surface area contributed by atoms with Gasteiger partial charge in [-0.2, -0.15) is 0 Å². The van der Waals surface area contributed by atoms with Crippen LogP contribution in [-0.4, -0.2) is 27.2 Å². The minimum Gasteiger partial charge on any atom is -0.506 e. The summed E-state index contributed by atoms with van der Waals surface area (Å²) < 4.78 is 0.590. The fourth-order valence-electron chi connectivity index (χ4n) is 1.88. The second kappa shape index (κ2) is 6.58. The number of thioether (sulfide) groups is 1. The Morgan fingerprint density at radius 1 is 1.48 bits per heavy atom. The van der Waals surface area contributed by atoms with Crippen LogP contribution in [0.25, 0.3) is 6.08 Å². The minimum atomic E-state index is -0.325. The first-order valence-corrected chi connectivity index (χ1v) is 8.57. The normalized spacial score (nSPS) is 18.7. The molecule has 0 radical (unpaired) electrons. The molecule has 0 spiro atoms. The molecular formula is C14H13ClINO3S. The van der Waals surface area contributed by atoms with Crippen LogP contribution >= 0.6 is 46.0 Å². The second-order valence-electron chi connectivity index (χ2n) is 4.63. The van der Waals surface area contributed by atoms with Gasteiger partial charge in [-0.1, -0.05) is 18.5 Å². The Hall–Kier alpha value is -0.730. The Labute approximate surface area is 145 Å². The molecule has 0 aromatic heterocycles. The van der Waals surface area contributed by atoms with E-state index in [1.807, 2.05) is 36.4 Å². The second-order valence-corrected chi connectivity index (χ2v) is 7.23. The predicted octanol–water partition coefficient (Wildman–Crippen LogP) is 4.49. The van der Waals surface area contributed by atoms with E-state index in [4.69, 9.17) is 11.6 Å². The first-order chi connectivity index (χ1) is 9.85. The van der Waals surface area contributed by atoms with Gasteiger partial charge in [-0.3, -0.25) is 14.5 Å². The van der Waals surface area contributed by atoms with Crippen molar-refractivity contribution in [1.82, 2.24) is 4.90 Å². The van der Waals surface area contributed by atoms with Gasteiger partial charge in [-0.15, -0.1) is 0 Å². The Kier molecular flexibility index (Phi) is 5.21. The van der Waals surface area contributed by atoms with E-state index in [0.717, 1.165) is 11.8 Å². The van der Waals surface area contributed by atoms with E-state index >= 15 is 0 Å². The predicted molar refractivity (Wildman–Crippen MR) is 93.4 cm³/mol. The van der Waals surface area contributed by atoms with Crippen molar-refractivity contribution in [1.29, 1.82) is 0 Å². The molecule has 1 saturated heterocycles. The SMILES string of the molecule is CC[C@H](C)N1C(=O)S/C(=C/c2cc(Cl)cc(I)c2O)C1=O. The summed E-state index contributed by atoms with van der Waals surface area (Å²) in [6, 6.07) is 3.05. The van der Waals surface area contributed by atoms with Crippen LogP contribution in [0.5, 0.6) is 5.75 Å². The number of phenols is 1. The maximum Gasteiger partial charge on any atom is 0.293 e. The zero-order chi connectivity index (χ0) is 15.7. The quantitative estimate of drug-likeness (QED) is 0.559. The lowest BCUT2D eigenvalue weighted by Crippen LogP contribution is -2.36. The lowest BCUT2D eigenvalue weighted by Gasteiger charge is -2.19. The summed E-state index contributed by atoms with van der Waals surface area (Å²) in [4.78, 5) is 25.8. The van der Waals surface area contributed by atoms with Crippen molar-refractivity contribution < 1.29 is 14.7 Å². The fraction of sp³-hybridized carbons (Fsp3) is 0.286. The van der Waals surface area contributed by atoms with Crippen molar-refractivity contribution in [2.24, 2.45) is 0 Å². The molecule has 1 aromatic carbocycles. The molecule has 1 N–H and O–H groups in total. The first-order valence-electron chi connectivity index (χ1n) is 6.30. The number of aromatic hydroxyl groups is 1. The molecule has 112 valence electrons. The molecule has 1 aliphatic rings. The molecule has 1 heterocycles. The van der Waals surface area contributed by atoms with Crippen LogP contribution in [0.1, 0.15) is 25.8 Å². The number of phenolic OH excluding ortho intramolecular Hbond substituents is 1. The van der Waals surface area contributed by atoms with Crippen LogP contribution in [0.3, 0.4) is 0 Å². The van der Waals surface area contributed by atoms with Crippen LogP contribution in [0.2, 0.25) is 5.02 Å². The van der Waals surface area contributed by atoms with Gasteiger partial charge in [0.1, 0.15) is 5.75 Å². The average molecular weight is 438 g/mol. The maximum atomic E-state index is 12.3. The van der Waals surface area contributed by atoms with E-state index in [2.05, 4.69) is 0 Å². The largest absolute Gasteiger partial charge is 0.506 e. The molecule has 4 nitrogen and oxygen atoms in total. The monoisotopic (exact) mass is 437 g/mol. The van der Waals surface area contributed by atoms with Crippen LogP contribution in [0.4, 0.5) is 4.79 Å². The van der Waals surface area contributed by atoms with Crippen LogP contribution < -0.4 is 0 Å². The van der Waals surface area contributed by atoms with Crippen molar-refractivity contribution >= 4 is 63.2 Å². The van der Waals surface area contributed by atoms with E-state index in [1.54, 1.807) is 12.1 Å². The molecule has 0 unspecified atom stereocenters. The van der Waals surface area contributed by atoms with E-state index < -0.39 is 0 Å². The average Bonchev–Trinajstić information content (AvgIpc) is 2.69. The number of hydrogen-bond donors (Lipinski definition) is 1. The Balaban J connectivity index is 2.40. The molecule has 1 aromatic rings. The highest BCUT2D eigenvalue weighted by atomic mass is 127. The van der Waals surface area contributed by atoms with Gasteiger partial charge in [0.25, 0.3) is 11.1 Å². The highest BCUT2D eigenvalue weighted by Crippen LogP contribution is 2.37. The number of nitrogens with zero attached hydrogens (tertiary/aromatic N) is 1. The Morgan fingerprint density at radius 2 is 2.14 bits per heavy atom. The number of imide groups is 1. The summed E-state index contributed by atoms with van der Waals surface area (Å²) in [6.07, 6.45) is 2.21. The number of carbonyl (C=O) groups excluding carboxylic acids is 2. The number of benzene rings is 1. The molecule has 1 fully saturated rings. The van der Waals surface area contributed by atoms with Crippen molar-refractivity contribution in [2.75, 3.05) is 0 Å². The fourth-order valence-corrected chi connectivity index (χ4v) is 3.86. The van der Waals surface area contributed by atoms with Gasteiger partial charge in [-0.05, 0) is 65.9 Å². The summed E-state index contributed by atoms with van der Waals surface area (Å²) in [5.41, 5.74) is 0.432. The van der Waals surface area contributed by atoms with Crippen LogP contribution in [0, 0.1) is 3.57 Å². The van der Waals surface area contributed by atoms with E-state index in [9.17, 15) is 14.7 Å². The standard InChI is InChI=1S/C14H13ClINO3S/c1-3-7(2)17-13(19)11(21-14(17)20)5-8-4-9(15)6-10(16)12(8)18/h4-7,18H,3H2,1-2H3/b11-5+/t7-/m0/s1. The summed E-state index contributed by atoms with van der Waals surface area (Å²) in [5, 5.41) is 10.2. The molecule has 0 aliphatic carbocycles. The summed E-state index contributed by atoms with van der Waals surface area (Å²) in [5.74, 6) is -0.274. The van der Waals surface area contributed by atoms with E-state index in [1.165, 1.54) is 11.0 Å². The number of amides is 2. The number of halogens is 2. The number of carbonyl (C=O) groups is 2. The maximum absolute atomic E-state index is 12.3. The van der Waals surface area contributed by atoms with Gasteiger partial charge < -0.3 is 5.11 Å². The van der Waals surface area contributed by atoms with Crippen LogP contribution in [-0.2, 0) is 4.79 Å². The zero-order valence-corrected chi connectivity index (χ0v) is 15.1. The smallest absolute Gasteiger partial charge is 0.293 e. The van der Waals surface area contributed by atoms with Gasteiger partial charge in [-0.25, -0.2) is 0 Å². The van der Waals surface area contributed by atoms with Gasteiger partial charge in [0.15, 0.2) is 0 Å². The first kappa shape index (κ1) is 16.6. The Morgan fingerprint density at radius 3 is 2.76 bits per heavy atom. The molecule has 0 bridgehead atoms. The lowest BCUT2D eigenvalue weighted by atomic mass is 10.1. The molecule has 21 heavy (non-hydrogen) atoms. The summed E-state index contributed by atoms with van der Waals surface area (Å²) >= 11 is 8.80. The lowest BCUT2D eigenvalue weighted by molar-refractivity contribution is -0.124. The van der Waals surface area contributed by atoms with Crippen molar-refractivity contribution in [2.45, 2.75) is 26.3 Å². The Bertz CT molecular complexity index is 647. The molecule has 2 amide bonds. The molecule has 1 aliphatic heterocycles. The number of hydrogen-bond acceptors (Lipinski definition) is 4. The van der Waals surface area contributed by atoms with Crippen molar-refractivity contribution in [3.63, 3.8) is 0 Å². The van der Waals surface area contributed by atoms with Crippen LogP contribution in [0.15, 0.2) is 17.0 Å². The van der Waals surface area contributed by atoms with Gasteiger partial charge in [0.2, 0.25) is 0 Å². The summed E-state index contributed by atoms with van der Waals surface area (Å²) in [6.45, 7) is 3.75. The minimum absolute atomic E-state index is 0.0512. The highest BCUT2D eigenvalue weighted by molar-refractivity contribution is 14.1. The highest BCUT2D eigenvalue weighted by Gasteiger charge is 2.37. The third-order valence-electron chi connectivity index (χ3n) is 3.20. The topological polar surface area (TPSA) is 57.6 Å². The molecule has 0 saturated carbocycles. The molecule has 7 heteroatoms. The molecule has 1 atom stereocenters. The third kappa shape index (κ3) is 3.37. The molecular weight excluding hydrogens is 425 g/mol. The summed E-state index contributed by atoms with van der Waals surface area (Å²) in [7, 11) is 0. The van der Waals surface area contributed by atoms with Crippen molar-refractivity contribution in [3.8, 4) is 5.75 Å². The van der Waals surface area contributed by atoms with E-state index in [-0.39, 0.29) is 22.9 Å². The third-order valence-corrected chi connectivity index (χ3v) is 5.12. The number of rotatable bonds is 3. The molecule has 2 rings (SSSR count). The van der Waals surface area contributed by atoms with Gasteiger partial charge in [0.05, 0.1) is 8.48 Å². The van der Waals surface area contributed by atoms with Crippen molar-refractivity contribution in [3.05, 3.63) is 31.2 Å².